The van der Waals surface area contributed by atoms with Crippen molar-refractivity contribution in [3.63, 3.8) is 0 Å². The average Bonchev–Trinajstić information content (AvgIpc) is 2.67. The van der Waals surface area contributed by atoms with Gasteiger partial charge < -0.3 is 4.74 Å². The molecule has 98 valence electrons. The first-order valence-electron chi connectivity index (χ1n) is 5.42. The summed E-state index contributed by atoms with van der Waals surface area (Å²) < 4.78 is 5.09. The van der Waals surface area contributed by atoms with E-state index in [9.17, 15) is 9.59 Å². The second kappa shape index (κ2) is 5.52. The number of ether oxygens (including phenoxy) is 1. The van der Waals surface area contributed by atoms with E-state index in [1.807, 2.05) is 0 Å². The molecular weight excluding hydrogens is 236 g/mol. The standard InChI is InChI=1S/C11H16N4O3/c1-7(16)9(10(17)18-11(2,3)4)15-14-8-5-12-13-6-8/h5-6,9H,1-4H3,(H,12,13)/t9-/m1/s1. The van der Waals surface area contributed by atoms with Crippen molar-refractivity contribution in [1.29, 1.82) is 0 Å². The van der Waals surface area contributed by atoms with Crippen LogP contribution in [0.4, 0.5) is 5.69 Å². The van der Waals surface area contributed by atoms with E-state index in [4.69, 9.17) is 4.74 Å². The minimum Gasteiger partial charge on any atom is -0.458 e. The lowest BCUT2D eigenvalue weighted by Gasteiger charge is -2.20. The third-order valence-electron chi connectivity index (χ3n) is 1.79. The lowest BCUT2D eigenvalue weighted by atomic mass is 10.1. The van der Waals surface area contributed by atoms with Gasteiger partial charge in [-0.25, -0.2) is 4.79 Å². The highest BCUT2D eigenvalue weighted by Gasteiger charge is 2.28. The van der Waals surface area contributed by atoms with E-state index in [0.717, 1.165) is 0 Å². The Labute approximate surface area is 105 Å². The number of azo groups is 1. The number of ketones is 1. The molecule has 0 amide bonds. The van der Waals surface area contributed by atoms with Crippen LogP contribution in [0, 0.1) is 0 Å². The summed E-state index contributed by atoms with van der Waals surface area (Å²) in [6.07, 6.45) is 2.92. The number of esters is 1. The molecular formula is C11H16N4O3. The van der Waals surface area contributed by atoms with E-state index in [1.54, 1.807) is 20.8 Å². The van der Waals surface area contributed by atoms with E-state index < -0.39 is 23.4 Å². The van der Waals surface area contributed by atoms with Crippen LogP contribution >= 0.6 is 0 Å². The Kier molecular flexibility index (Phi) is 4.30. The van der Waals surface area contributed by atoms with Gasteiger partial charge in [0.1, 0.15) is 11.3 Å². The first kappa shape index (κ1) is 14.0. The molecule has 0 bridgehead atoms. The van der Waals surface area contributed by atoms with Gasteiger partial charge in [0, 0.05) is 6.20 Å². The molecule has 0 aliphatic rings. The quantitative estimate of drug-likeness (QED) is 0.502. The van der Waals surface area contributed by atoms with Gasteiger partial charge >= 0.3 is 5.97 Å². The van der Waals surface area contributed by atoms with Crippen molar-refractivity contribution in [3.05, 3.63) is 12.4 Å². The number of aromatic amines is 1. The molecule has 1 aromatic rings. The lowest BCUT2D eigenvalue weighted by Crippen LogP contribution is -2.34. The molecule has 18 heavy (non-hydrogen) atoms. The van der Waals surface area contributed by atoms with E-state index in [-0.39, 0.29) is 0 Å². The Balaban J connectivity index is 2.77. The Morgan fingerprint density at radius 1 is 1.44 bits per heavy atom. The van der Waals surface area contributed by atoms with Crippen LogP contribution in [-0.2, 0) is 14.3 Å². The number of nitrogens with zero attached hydrogens (tertiary/aromatic N) is 3. The number of carbonyl (C=O) groups is 2. The number of carbonyl (C=O) groups excluding carboxylic acids is 2. The Morgan fingerprint density at radius 2 is 2.11 bits per heavy atom. The van der Waals surface area contributed by atoms with E-state index in [2.05, 4.69) is 20.4 Å². The number of H-pyrrole nitrogens is 1. The third kappa shape index (κ3) is 4.44. The van der Waals surface area contributed by atoms with Gasteiger partial charge in [0.2, 0.25) is 6.04 Å². The van der Waals surface area contributed by atoms with Crippen LogP contribution in [0.2, 0.25) is 0 Å². The number of rotatable bonds is 4. The zero-order valence-electron chi connectivity index (χ0n) is 10.8. The van der Waals surface area contributed by atoms with Crippen molar-refractivity contribution in [2.24, 2.45) is 10.2 Å². The summed E-state index contributed by atoms with van der Waals surface area (Å²) in [4.78, 5) is 23.1. The fourth-order valence-corrected chi connectivity index (χ4v) is 1.08. The molecule has 0 spiro atoms. The van der Waals surface area contributed by atoms with Gasteiger partial charge in [-0.05, 0) is 27.7 Å². The maximum atomic E-state index is 11.7. The molecule has 0 fully saturated rings. The lowest BCUT2D eigenvalue weighted by molar-refractivity contribution is -0.157. The third-order valence-corrected chi connectivity index (χ3v) is 1.79. The molecule has 0 saturated heterocycles. The van der Waals surface area contributed by atoms with Crippen LogP contribution < -0.4 is 0 Å². The molecule has 0 saturated carbocycles. The zero-order valence-corrected chi connectivity index (χ0v) is 10.8. The van der Waals surface area contributed by atoms with Crippen molar-refractivity contribution in [3.8, 4) is 0 Å². The Bertz CT molecular complexity index is 445. The van der Waals surface area contributed by atoms with Crippen LogP contribution in [0.15, 0.2) is 22.6 Å². The minimum absolute atomic E-state index is 0.420. The molecule has 0 aromatic carbocycles. The predicted octanol–water partition coefficient (Wildman–Crippen LogP) is 1.79. The van der Waals surface area contributed by atoms with E-state index in [1.165, 1.54) is 19.3 Å². The fourth-order valence-electron chi connectivity index (χ4n) is 1.08. The molecule has 7 nitrogen and oxygen atoms in total. The number of aromatic nitrogens is 2. The highest BCUT2D eigenvalue weighted by Crippen LogP contribution is 2.13. The van der Waals surface area contributed by atoms with Gasteiger partial charge in [-0.3, -0.25) is 9.89 Å². The average molecular weight is 252 g/mol. The first-order chi connectivity index (χ1) is 8.29. The summed E-state index contributed by atoms with van der Waals surface area (Å²) >= 11 is 0. The summed E-state index contributed by atoms with van der Waals surface area (Å²) in [5, 5.41) is 13.7. The molecule has 1 N–H and O–H groups in total. The largest absolute Gasteiger partial charge is 0.458 e. The zero-order chi connectivity index (χ0) is 13.8. The summed E-state index contributed by atoms with van der Waals surface area (Å²) in [5.74, 6) is -1.13. The molecule has 1 rings (SSSR count). The van der Waals surface area contributed by atoms with Gasteiger partial charge in [-0.1, -0.05) is 0 Å². The smallest absolute Gasteiger partial charge is 0.341 e. The summed E-state index contributed by atoms with van der Waals surface area (Å²) in [6.45, 7) is 6.42. The van der Waals surface area contributed by atoms with E-state index >= 15 is 0 Å². The minimum atomic E-state index is -1.24. The van der Waals surface area contributed by atoms with Gasteiger partial charge in [-0.15, -0.1) is 0 Å². The number of hydrogen-bond donors (Lipinski definition) is 1. The summed E-state index contributed by atoms with van der Waals surface area (Å²) in [7, 11) is 0. The second-order valence-corrected chi connectivity index (χ2v) is 4.72. The maximum Gasteiger partial charge on any atom is 0.341 e. The van der Waals surface area contributed by atoms with Crippen LogP contribution in [0.25, 0.3) is 0 Å². The molecule has 0 unspecified atom stereocenters. The monoisotopic (exact) mass is 252 g/mol. The maximum absolute atomic E-state index is 11.7. The molecule has 7 heteroatoms. The van der Waals surface area contributed by atoms with Crippen molar-refractivity contribution in [1.82, 2.24) is 10.2 Å². The molecule has 1 aromatic heterocycles. The molecule has 1 atom stereocenters. The Morgan fingerprint density at radius 3 is 2.56 bits per heavy atom. The molecule has 0 aliphatic heterocycles. The predicted molar refractivity (Wildman–Crippen MR) is 63.4 cm³/mol. The topological polar surface area (TPSA) is 96.8 Å². The van der Waals surface area contributed by atoms with Crippen molar-refractivity contribution in [2.75, 3.05) is 0 Å². The summed E-state index contributed by atoms with van der Waals surface area (Å²) in [6, 6.07) is -1.24. The molecule has 1 heterocycles. The Hall–Kier alpha value is -2.05. The van der Waals surface area contributed by atoms with Gasteiger partial charge in [0.15, 0.2) is 5.78 Å². The number of hydrogen-bond acceptors (Lipinski definition) is 6. The highest BCUT2D eigenvalue weighted by molar-refractivity contribution is 6.02. The molecule has 0 aliphatic carbocycles. The van der Waals surface area contributed by atoms with Crippen molar-refractivity contribution >= 4 is 17.4 Å². The van der Waals surface area contributed by atoms with Crippen LogP contribution in [-0.4, -0.2) is 33.6 Å². The summed E-state index contributed by atoms with van der Waals surface area (Å²) in [5.41, 5.74) is -0.236. The van der Waals surface area contributed by atoms with Crippen LogP contribution in [0.1, 0.15) is 27.7 Å². The van der Waals surface area contributed by atoms with Gasteiger partial charge in [0.05, 0.1) is 6.20 Å². The first-order valence-corrected chi connectivity index (χ1v) is 5.42. The van der Waals surface area contributed by atoms with Crippen molar-refractivity contribution < 1.29 is 14.3 Å². The highest BCUT2D eigenvalue weighted by atomic mass is 16.6. The van der Waals surface area contributed by atoms with Gasteiger partial charge in [0.25, 0.3) is 0 Å². The molecule has 0 radical (unpaired) electrons. The normalized spacial score (nSPS) is 13.6. The van der Waals surface area contributed by atoms with Crippen LogP contribution in [0.5, 0.6) is 0 Å². The number of nitrogens with one attached hydrogen (secondary N) is 1. The van der Waals surface area contributed by atoms with Gasteiger partial charge in [-0.2, -0.15) is 15.3 Å². The fraction of sp³-hybridized carbons (Fsp3) is 0.545. The number of Topliss-reactive ketones (excluding diaryl/α,β-unsaturated/α-hetero) is 1. The SMILES string of the molecule is CC(=O)[C@@H](N=Nc1cn[nH]c1)C(=O)OC(C)(C)C. The van der Waals surface area contributed by atoms with Crippen molar-refractivity contribution in [2.45, 2.75) is 39.3 Å². The van der Waals surface area contributed by atoms with Crippen LogP contribution in [0.3, 0.4) is 0 Å². The van der Waals surface area contributed by atoms with E-state index in [0.29, 0.717) is 5.69 Å². The second-order valence-electron chi connectivity index (χ2n) is 4.72.